The molecule has 0 fully saturated rings. The molecule has 2 aromatic rings. The maximum atomic E-state index is 11.7. The lowest BCUT2D eigenvalue weighted by atomic mass is 10.1. The molecule has 1 N–H and O–H groups in total. The minimum atomic E-state index is -1.13. The maximum absolute atomic E-state index is 11.7. The molecule has 0 aliphatic heterocycles. The lowest BCUT2D eigenvalue weighted by Crippen LogP contribution is -2.08. The zero-order valence-corrected chi connectivity index (χ0v) is 9.01. The van der Waals surface area contributed by atoms with Gasteiger partial charge < -0.3 is 9.52 Å². The van der Waals surface area contributed by atoms with Crippen LogP contribution in [-0.2, 0) is 0 Å². The largest absolute Gasteiger partial charge is 0.478 e. The topological polar surface area (TPSA) is 80.4 Å². The SMILES string of the molecule is Cc1cc(=O)c(-c2ncccc2C(=O)O)co1. The highest BCUT2D eigenvalue weighted by molar-refractivity contribution is 5.94. The molecule has 0 bridgehead atoms. The fraction of sp³-hybridized carbons (Fsp3) is 0.0833. The van der Waals surface area contributed by atoms with Gasteiger partial charge in [0.1, 0.15) is 12.0 Å². The summed E-state index contributed by atoms with van der Waals surface area (Å²) >= 11 is 0. The van der Waals surface area contributed by atoms with Gasteiger partial charge in [-0.3, -0.25) is 9.78 Å². The molecule has 0 saturated carbocycles. The highest BCUT2D eigenvalue weighted by atomic mass is 16.4. The predicted octanol–water partition coefficient (Wildman–Crippen LogP) is 1.71. The Labute approximate surface area is 96.4 Å². The molecule has 0 atom stereocenters. The molecule has 2 heterocycles. The Kier molecular flexibility index (Phi) is 2.74. The predicted molar refractivity (Wildman–Crippen MR) is 59.9 cm³/mol. The normalized spacial score (nSPS) is 10.2. The van der Waals surface area contributed by atoms with Gasteiger partial charge in [-0.2, -0.15) is 0 Å². The minimum Gasteiger partial charge on any atom is -0.478 e. The van der Waals surface area contributed by atoms with Crippen LogP contribution in [0.4, 0.5) is 0 Å². The molecule has 0 radical (unpaired) electrons. The number of carboxylic acid groups (broad SMARTS) is 1. The van der Waals surface area contributed by atoms with Gasteiger partial charge in [0.2, 0.25) is 0 Å². The summed E-state index contributed by atoms with van der Waals surface area (Å²) in [5.74, 6) is -0.667. The first-order chi connectivity index (χ1) is 8.09. The van der Waals surface area contributed by atoms with Crippen LogP contribution in [0.3, 0.4) is 0 Å². The molecule has 5 heteroatoms. The van der Waals surface area contributed by atoms with Gasteiger partial charge in [0.05, 0.1) is 16.8 Å². The number of carboxylic acids is 1. The molecule has 0 aliphatic carbocycles. The minimum absolute atomic E-state index is 0.0244. The second kappa shape index (κ2) is 4.21. The first-order valence-corrected chi connectivity index (χ1v) is 4.87. The molecule has 0 aromatic carbocycles. The Bertz CT molecular complexity index is 630. The van der Waals surface area contributed by atoms with E-state index in [0.29, 0.717) is 5.76 Å². The van der Waals surface area contributed by atoms with Crippen LogP contribution in [0.15, 0.2) is 39.9 Å². The van der Waals surface area contributed by atoms with Crippen LogP contribution in [0.2, 0.25) is 0 Å². The third-order valence-electron chi connectivity index (χ3n) is 2.26. The van der Waals surface area contributed by atoms with Gasteiger partial charge in [-0.15, -0.1) is 0 Å². The summed E-state index contributed by atoms with van der Waals surface area (Å²) in [6.07, 6.45) is 2.66. The zero-order valence-electron chi connectivity index (χ0n) is 9.01. The first-order valence-electron chi connectivity index (χ1n) is 4.87. The summed E-state index contributed by atoms with van der Waals surface area (Å²) in [5, 5.41) is 9.00. The van der Waals surface area contributed by atoms with Crippen molar-refractivity contribution in [2.45, 2.75) is 6.92 Å². The smallest absolute Gasteiger partial charge is 0.337 e. The Hall–Kier alpha value is -2.43. The van der Waals surface area contributed by atoms with E-state index in [1.807, 2.05) is 0 Å². The molecule has 2 aromatic heterocycles. The number of rotatable bonds is 2. The number of hydrogen-bond acceptors (Lipinski definition) is 4. The summed E-state index contributed by atoms with van der Waals surface area (Å²) in [6.45, 7) is 1.64. The van der Waals surface area contributed by atoms with Crippen molar-refractivity contribution in [3.8, 4) is 11.3 Å². The molecule has 0 unspecified atom stereocenters. The highest BCUT2D eigenvalue weighted by Gasteiger charge is 2.15. The molecular formula is C12H9NO4. The van der Waals surface area contributed by atoms with Crippen molar-refractivity contribution in [3.05, 3.63) is 52.2 Å². The second-order valence-electron chi connectivity index (χ2n) is 3.47. The first kappa shape index (κ1) is 11.1. The van der Waals surface area contributed by atoms with Crippen molar-refractivity contribution in [2.75, 3.05) is 0 Å². The molecule has 0 spiro atoms. The maximum Gasteiger partial charge on any atom is 0.337 e. The van der Waals surface area contributed by atoms with E-state index in [1.165, 1.54) is 30.7 Å². The molecular weight excluding hydrogens is 222 g/mol. The van der Waals surface area contributed by atoms with Crippen molar-refractivity contribution >= 4 is 5.97 Å². The Balaban J connectivity index is 2.69. The van der Waals surface area contributed by atoms with Crippen molar-refractivity contribution in [1.29, 1.82) is 0 Å². The molecule has 0 aliphatic rings. The van der Waals surface area contributed by atoms with Crippen molar-refractivity contribution in [1.82, 2.24) is 4.98 Å². The highest BCUT2D eigenvalue weighted by Crippen LogP contribution is 2.18. The van der Waals surface area contributed by atoms with Crippen LogP contribution in [0.1, 0.15) is 16.1 Å². The molecule has 5 nitrogen and oxygen atoms in total. The summed E-state index contributed by atoms with van der Waals surface area (Å²) in [6, 6.07) is 4.20. The van der Waals surface area contributed by atoms with Crippen LogP contribution >= 0.6 is 0 Å². The number of hydrogen-bond donors (Lipinski definition) is 1. The van der Waals surface area contributed by atoms with Crippen LogP contribution in [0.25, 0.3) is 11.3 Å². The lowest BCUT2D eigenvalue weighted by Gasteiger charge is -2.03. The van der Waals surface area contributed by atoms with Crippen LogP contribution in [0, 0.1) is 6.92 Å². The zero-order chi connectivity index (χ0) is 12.4. The second-order valence-corrected chi connectivity index (χ2v) is 3.47. The van der Waals surface area contributed by atoms with Crippen molar-refractivity contribution in [2.24, 2.45) is 0 Å². The fourth-order valence-electron chi connectivity index (χ4n) is 1.47. The van der Waals surface area contributed by atoms with E-state index in [-0.39, 0.29) is 22.2 Å². The number of pyridine rings is 1. The van der Waals surface area contributed by atoms with E-state index in [9.17, 15) is 9.59 Å². The van der Waals surface area contributed by atoms with Gasteiger partial charge in [0.25, 0.3) is 0 Å². The van der Waals surface area contributed by atoms with Gasteiger partial charge in [0.15, 0.2) is 5.43 Å². The van der Waals surface area contributed by atoms with Crippen LogP contribution in [0.5, 0.6) is 0 Å². The molecule has 0 amide bonds. The van der Waals surface area contributed by atoms with Crippen molar-refractivity contribution in [3.63, 3.8) is 0 Å². The van der Waals surface area contributed by atoms with E-state index in [4.69, 9.17) is 9.52 Å². The van der Waals surface area contributed by atoms with Crippen LogP contribution < -0.4 is 5.43 Å². The van der Waals surface area contributed by atoms with Gasteiger partial charge in [-0.25, -0.2) is 4.79 Å². The van der Waals surface area contributed by atoms with E-state index in [0.717, 1.165) is 0 Å². The molecule has 17 heavy (non-hydrogen) atoms. The summed E-state index contributed by atoms with van der Waals surface area (Å²) in [5.41, 5.74) is -0.0686. The Morgan fingerprint density at radius 3 is 2.88 bits per heavy atom. The van der Waals surface area contributed by atoms with Crippen molar-refractivity contribution < 1.29 is 14.3 Å². The fourth-order valence-corrected chi connectivity index (χ4v) is 1.47. The van der Waals surface area contributed by atoms with E-state index < -0.39 is 5.97 Å². The number of carbonyl (C=O) groups is 1. The standard InChI is InChI=1S/C12H9NO4/c1-7-5-10(14)9(6-17-7)11-8(12(15)16)3-2-4-13-11/h2-6H,1H3,(H,15,16). The summed E-state index contributed by atoms with van der Waals surface area (Å²) in [7, 11) is 0. The number of nitrogens with zero attached hydrogens (tertiary/aromatic N) is 1. The van der Waals surface area contributed by atoms with E-state index in [1.54, 1.807) is 6.92 Å². The monoisotopic (exact) mass is 231 g/mol. The quantitative estimate of drug-likeness (QED) is 0.850. The van der Waals surface area contributed by atoms with Gasteiger partial charge in [-0.05, 0) is 19.1 Å². The average Bonchev–Trinajstić information content (AvgIpc) is 2.29. The molecule has 86 valence electrons. The molecule has 2 rings (SSSR count). The van der Waals surface area contributed by atoms with Gasteiger partial charge in [0, 0.05) is 12.3 Å². The van der Waals surface area contributed by atoms with Crippen LogP contribution in [-0.4, -0.2) is 16.1 Å². The third-order valence-corrected chi connectivity index (χ3v) is 2.26. The average molecular weight is 231 g/mol. The summed E-state index contributed by atoms with van der Waals surface area (Å²) in [4.78, 5) is 26.6. The summed E-state index contributed by atoms with van der Waals surface area (Å²) < 4.78 is 5.10. The Morgan fingerprint density at radius 1 is 1.47 bits per heavy atom. The number of aromatic carboxylic acids is 1. The third kappa shape index (κ3) is 2.08. The lowest BCUT2D eigenvalue weighted by molar-refractivity contribution is 0.0697. The number of aryl methyl sites for hydroxylation is 1. The Morgan fingerprint density at radius 2 is 2.24 bits per heavy atom. The number of aromatic nitrogens is 1. The molecule has 0 saturated heterocycles. The van der Waals surface area contributed by atoms with E-state index >= 15 is 0 Å². The van der Waals surface area contributed by atoms with Gasteiger partial charge >= 0.3 is 5.97 Å². The van der Waals surface area contributed by atoms with Gasteiger partial charge in [-0.1, -0.05) is 0 Å². The van der Waals surface area contributed by atoms with E-state index in [2.05, 4.69) is 4.98 Å².